The van der Waals surface area contributed by atoms with Gasteiger partial charge < -0.3 is 10.1 Å². The van der Waals surface area contributed by atoms with Crippen molar-refractivity contribution < 1.29 is 18.4 Å². The van der Waals surface area contributed by atoms with Gasteiger partial charge in [0.15, 0.2) is 0 Å². The van der Waals surface area contributed by atoms with Gasteiger partial charge in [-0.3, -0.25) is 10.1 Å². The van der Waals surface area contributed by atoms with E-state index < -0.39 is 16.4 Å². The minimum absolute atomic E-state index is 0.275. The Bertz CT molecular complexity index is 633. The predicted octanol–water partition coefficient (Wildman–Crippen LogP) is 3.36. The summed E-state index contributed by atoms with van der Waals surface area (Å²) in [4.78, 5) is 9.82. The van der Waals surface area contributed by atoms with Crippen molar-refractivity contribution in [3.05, 3.63) is 64.2 Å². The maximum atomic E-state index is 13.1. The number of benzene rings is 2. The first kappa shape index (κ1) is 14.7. The zero-order chi connectivity index (χ0) is 15.2. The van der Waals surface area contributed by atoms with Crippen LogP contribution in [0.5, 0.6) is 5.75 Å². The molecule has 7 heteroatoms. The Morgan fingerprint density at radius 1 is 1.14 bits per heavy atom. The van der Waals surface area contributed by atoms with Crippen LogP contribution in [0.15, 0.2) is 42.5 Å². The second kappa shape index (κ2) is 6.65. The van der Waals surface area contributed by atoms with Gasteiger partial charge in [-0.1, -0.05) is 0 Å². The minimum atomic E-state index is -0.881. The molecule has 5 nitrogen and oxygen atoms in total. The number of nitrogens with one attached hydrogen (secondary N) is 1. The Labute approximate surface area is 119 Å². The summed E-state index contributed by atoms with van der Waals surface area (Å²) in [6.45, 7) is 0.636. The van der Waals surface area contributed by atoms with Gasteiger partial charge in [0.05, 0.1) is 4.92 Å². The Hall–Kier alpha value is -2.70. The highest BCUT2D eigenvalue weighted by atomic mass is 19.1. The van der Waals surface area contributed by atoms with Gasteiger partial charge in [0.1, 0.15) is 18.2 Å². The maximum Gasteiger partial charge on any atom is 0.306 e. The van der Waals surface area contributed by atoms with Crippen LogP contribution in [0.1, 0.15) is 0 Å². The van der Waals surface area contributed by atoms with Crippen molar-refractivity contribution in [1.82, 2.24) is 0 Å². The Kier molecular flexibility index (Phi) is 4.65. The summed E-state index contributed by atoms with van der Waals surface area (Å²) in [7, 11) is 0. The number of nitro groups is 1. The molecule has 0 aliphatic heterocycles. The molecule has 0 atom stereocenters. The molecule has 0 saturated carbocycles. The standard InChI is InChI=1S/C14H12F2N2O3/c15-10-1-4-12(5-2-10)21-8-7-17-11-3-6-13(16)14(9-11)18(19)20/h1-6,9,17H,7-8H2. The highest BCUT2D eigenvalue weighted by Gasteiger charge is 2.13. The third-order valence-corrected chi connectivity index (χ3v) is 2.66. The molecule has 0 aromatic heterocycles. The fraction of sp³-hybridized carbons (Fsp3) is 0.143. The van der Waals surface area contributed by atoms with Crippen molar-refractivity contribution in [2.75, 3.05) is 18.5 Å². The predicted molar refractivity (Wildman–Crippen MR) is 73.4 cm³/mol. The normalized spacial score (nSPS) is 10.2. The second-order valence-corrected chi connectivity index (χ2v) is 4.15. The van der Waals surface area contributed by atoms with Crippen molar-refractivity contribution >= 4 is 11.4 Å². The Morgan fingerprint density at radius 2 is 1.86 bits per heavy atom. The van der Waals surface area contributed by atoms with E-state index >= 15 is 0 Å². The lowest BCUT2D eigenvalue weighted by Crippen LogP contribution is -2.11. The van der Waals surface area contributed by atoms with Crippen molar-refractivity contribution in [3.63, 3.8) is 0 Å². The van der Waals surface area contributed by atoms with Crippen LogP contribution in [-0.2, 0) is 0 Å². The molecule has 2 rings (SSSR count). The highest BCUT2D eigenvalue weighted by molar-refractivity contribution is 5.51. The number of anilines is 1. The molecule has 0 bridgehead atoms. The van der Waals surface area contributed by atoms with Crippen LogP contribution in [0.3, 0.4) is 0 Å². The van der Waals surface area contributed by atoms with E-state index in [0.717, 1.165) is 12.1 Å². The molecule has 0 heterocycles. The smallest absolute Gasteiger partial charge is 0.306 e. The van der Waals surface area contributed by atoms with Gasteiger partial charge in [-0.15, -0.1) is 0 Å². The molecule has 0 spiro atoms. The zero-order valence-electron chi connectivity index (χ0n) is 10.9. The maximum absolute atomic E-state index is 13.1. The number of hydrogen-bond donors (Lipinski definition) is 1. The van der Waals surface area contributed by atoms with Gasteiger partial charge in [-0.05, 0) is 36.4 Å². The topological polar surface area (TPSA) is 64.4 Å². The summed E-state index contributed by atoms with van der Waals surface area (Å²) in [5.74, 6) is -0.713. The summed E-state index contributed by atoms with van der Waals surface area (Å²) >= 11 is 0. The number of nitro benzene ring substituents is 1. The van der Waals surface area contributed by atoms with Crippen LogP contribution in [0.2, 0.25) is 0 Å². The van der Waals surface area contributed by atoms with Crippen LogP contribution < -0.4 is 10.1 Å². The van der Waals surface area contributed by atoms with Crippen molar-refractivity contribution in [2.24, 2.45) is 0 Å². The van der Waals surface area contributed by atoms with Crippen LogP contribution in [-0.4, -0.2) is 18.1 Å². The molecule has 110 valence electrons. The molecule has 0 amide bonds. The van der Waals surface area contributed by atoms with Crippen molar-refractivity contribution in [2.45, 2.75) is 0 Å². The number of halogens is 2. The third kappa shape index (κ3) is 4.13. The Balaban J connectivity index is 1.85. The lowest BCUT2D eigenvalue weighted by Gasteiger charge is -2.08. The Morgan fingerprint density at radius 3 is 2.52 bits per heavy atom. The molecule has 0 aliphatic rings. The molecular weight excluding hydrogens is 282 g/mol. The molecule has 21 heavy (non-hydrogen) atoms. The first-order chi connectivity index (χ1) is 10.1. The van der Waals surface area contributed by atoms with E-state index in [4.69, 9.17) is 4.74 Å². The lowest BCUT2D eigenvalue weighted by atomic mass is 10.2. The van der Waals surface area contributed by atoms with E-state index in [1.165, 1.54) is 30.3 Å². The first-order valence-corrected chi connectivity index (χ1v) is 6.12. The van der Waals surface area contributed by atoms with E-state index in [0.29, 0.717) is 18.0 Å². The average molecular weight is 294 g/mol. The third-order valence-electron chi connectivity index (χ3n) is 2.66. The second-order valence-electron chi connectivity index (χ2n) is 4.15. The molecule has 0 aliphatic carbocycles. The molecule has 0 radical (unpaired) electrons. The van der Waals surface area contributed by atoms with Gasteiger partial charge in [0.2, 0.25) is 5.82 Å². The fourth-order valence-electron chi connectivity index (χ4n) is 1.66. The van der Waals surface area contributed by atoms with Gasteiger partial charge >= 0.3 is 5.69 Å². The van der Waals surface area contributed by atoms with Gasteiger partial charge in [-0.25, -0.2) is 4.39 Å². The van der Waals surface area contributed by atoms with Gasteiger partial charge in [-0.2, -0.15) is 4.39 Å². The van der Waals surface area contributed by atoms with E-state index in [-0.39, 0.29) is 12.4 Å². The summed E-state index contributed by atoms with van der Waals surface area (Å²) < 4.78 is 31.2. The van der Waals surface area contributed by atoms with Crippen molar-refractivity contribution in [1.29, 1.82) is 0 Å². The quantitative estimate of drug-likeness (QED) is 0.504. The summed E-state index contributed by atoms with van der Waals surface area (Å²) in [6, 6.07) is 9.11. The molecule has 1 N–H and O–H groups in total. The molecular formula is C14H12F2N2O3. The van der Waals surface area contributed by atoms with Gasteiger partial charge in [0, 0.05) is 18.3 Å². The SMILES string of the molecule is O=[N+]([O-])c1cc(NCCOc2ccc(F)cc2)ccc1F. The van der Waals surface area contributed by atoms with Crippen LogP contribution in [0.25, 0.3) is 0 Å². The van der Waals surface area contributed by atoms with E-state index in [2.05, 4.69) is 5.32 Å². The minimum Gasteiger partial charge on any atom is -0.492 e. The molecule has 0 saturated heterocycles. The van der Waals surface area contributed by atoms with E-state index in [1.54, 1.807) is 0 Å². The fourth-order valence-corrected chi connectivity index (χ4v) is 1.66. The van der Waals surface area contributed by atoms with Crippen molar-refractivity contribution in [3.8, 4) is 5.75 Å². The van der Waals surface area contributed by atoms with Crippen LogP contribution >= 0.6 is 0 Å². The number of hydrogen-bond acceptors (Lipinski definition) is 4. The van der Waals surface area contributed by atoms with E-state index in [9.17, 15) is 18.9 Å². The summed E-state index contributed by atoms with van der Waals surface area (Å²) in [6.07, 6.45) is 0. The number of nitrogens with zero attached hydrogens (tertiary/aromatic N) is 1. The van der Waals surface area contributed by atoms with Gasteiger partial charge in [0.25, 0.3) is 0 Å². The zero-order valence-corrected chi connectivity index (χ0v) is 10.9. The lowest BCUT2D eigenvalue weighted by molar-refractivity contribution is -0.387. The monoisotopic (exact) mass is 294 g/mol. The molecule has 0 fully saturated rings. The van der Waals surface area contributed by atoms with E-state index in [1.807, 2.05) is 0 Å². The molecule has 0 unspecified atom stereocenters. The van der Waals surface area contributed by atoms with Crippen LogP contribution in [0.4, 0.5) is 20.2 Å². The van der Waals surface area contributed by atoms with Crippen LogP contribution in [0, 0.1) is 21.7 Å². The summed E-state index contributed by atoms with van der Waals surface area (Å²) in [5, 5.41) is 13.5. The number of ether oxygens (including phenoxy) is 1. The average Bonchev–Trinajstić information content (AvgIpc) is 2.46. The highest BCUT2D eigenvalue weighted by Crippen LogP contribution is 2.21. The largest absolute Gasteiger partial charge is 0.492 e. The number of rotatable bonds is 6. The first-order valence-electron chi connectivity index (χ1n) is 6.12. The molecule has 2 aromatic carbocycles. The molecule has 2 aromatic rings. The summed E-state index contributed by atoms with van der Waals surface area (Å²) in [5.41, 5.74) is -0.162.